The molecule has 1 aromatic carbocycles. The van der Waals surface area contributed by atoms with Gasteiger partial charge >= 0.3 is 0 Å². The predicted molar refractivity (Wildman–Crippen MR) is 77.3 cm³/mol. The molecule has 0 radical (unpaired) electrons. The van der Waals surface area contributed by atoms with Crippen molar-refractivity contribution in [1.29, 1.82) is 0 Å². The van der Waals surface area contributed by atoms with E-state index in [2.05, 4.69) is 26.2 Å². The van der Waals surface area contributed by atoms with E-state index >= 15 is 0 Å². The van der Waals surface area contributed by atoms with Crippen molar-refractivity contribution in [1.82, 2.24) is 4.98 Å². The fourth-order valence-corrected chi connectivity index (χ4v) is 1.81. The van der Waals surface area contributed by atoms with Crippen LogP contribution in [0.2, 0.25) is 0 Å². The van der Waals surface area contributed by atoms with E-state index in [9.17, 15) is 4.79 Å². The molecule has 2 rings (SSSR count). The first-order chi connectivity index (χ1) is 9.10. The van der Waals surface area contributed by atoms with Gasteiger partial charge in [0.05, 0.1) is 18.4 Å². The Kier molecular flexibility index (Phi) is 4.01. The highest BCUT2D eigenvalue weighted by atomic mass is 79.9. The number of amides is 1. The lowest BCUT2D eigenvalue weighted by Crippen LogP contribution is -2.12. The van der Waals surface area contributed by atoms with Gasteiger partial charge in [0.1, 0.15) is 11.6 Å². The Bertz CT molecular complexity index is 599. The molecule has 0 unspecified atom stereocenters. The van der Waals surface area contributed by atoms with Crippen LogP contribution in [0.1, 0.15) is 10.4 Å². The lowest BCUT2D eigenvalue weighted by molar-refractivity contribution is 0.102. The zero-order valence-electron chi connectivity index (χ0n) is 10.2. The molecular formula is C13H12BrN3O2. The summed E-state index contributed by atoms with van der Waals surface area (Å²) in [5.74, 6) is 0.773. The maximum atomic E-state index is 12.0. The number of methoxy groups -OCH3 is 1. The van der Waals surface area contributed by atoms with Crippen molar-refractivity contribution in [2.45, 2.75) is 0 Å². The van der Waals surface area contributed by atoms with Crippen molar-refractivity contribution in [3.05, 3.63) is 46.6 Å². The largest absolute Gasteiger partial charge is 0.497 e. The van der Waals surface area contributed by atoms with Gasteiger partial charge in [0.25, 0.3) is 5.91 Å². The normalized spacial score (nSPS) is 10.0. The van der Waals surface area contributed by atoms with Crippen LogP contribution in [-0.2, 0) is 0 Å². The lowest BCUT2D eigenvalue weighted by atomic mass is 10.2. The van der Waals surface area contributed by atoms with Crippen LogP contribution >= 0.6 is 15.9 Å². The van der Waals surface area contributed by atoms with Gasteiger partial charge in [0.15, 0.2) is 0 Å². The van der Waals surface area contributed by atoms with Crippen LogP contribution in [0.15, 0.2) is 41.0 Å². The fourth-order valence-electron chi connectivity index (χ4n) is 1.46. The molecule has 0 saturated carbocycles. The molecule has 19 heavy (non-hydrogen) atoms. The number of carbonyl (C=O) groups is 1. The monoisotopic (exact) mass is 321 g/mol. The van der Waals surface area contributed by atoms with Gasteiger partial charge in [-0.15, -0.1) is 0 Å². The van der Waals surface area contributed by atoms with Gasteiger partial charge in [-0.3, -0.25) is 4.79 Å². The number of anilines is 2. The molecule has 1 aromatic heterocycles. The molecule has 0 saturated heterocycles. The first kappa shape index (κ1) is 13.4. The SMILES string of the molecule is COc1ccc(Br)c(NC(=O)c2ccc(N)nc2)c1. The van der Waals surface area contributed by atoms with Gasteiger partial charge in [0.2, 0.25) is 0 Å². The Morgan fingerprint density at radius 2 is 2.16 bits per heavy atom. The Morgan fingerprint density at radius 3 is 2.79 bits per heavy atom. The molecule has 0 fully saturated rings. The van der Waals surface area contributed by atoms with Crippen LogP contribution in [-0.4, -0.2) is 18.0 Å². The Morgan fingerprint density at radius 1 is 1.37 bits per heavy atom. The number of hydrogen-bond donors (Lipinski definition) is 2. The number of nitrogen functional groups attached to an aromatic ring is 1. The average molecular weight is 322 g/mol. The van der Waals surface area contributed by atoms with E-state index in [1.54, 1.807) is 37.4 Å². The van der Waals surface area contributed by atoms with E-state index < -0.39 is 0 Å². The number of aromatic nitrogens is 1. The zero-order chi connectivity index (χ0) is 13.8. The standard InChI is InChI=1S/C13H12BrN3O2/c1-19-9-3-4-10(14)11(6-9)17-13(18)8-2-5-12(15)16-7-8/h2-7H,1H3,(H2,15,16)(H,17,18). The van der Waals surface area contributed by atoms with Crippen molar-refractivity contribution in [3.63, 3.8) is 0 Å². The van der Waals surface area contributed by atoms with Crippen molar-refractivity contribution in [3.8, 4) is 5.75 Å². The van der Waals surface area contributed by atoms with E-state index in [4.69, 9.17) is 10.5 Å². The summed E-state index contributed by atoms with van der Waals surface area (Å²) in [6.07, 6.45) is 1.43. The second kappa shape index (κ2) is 5.71. The minimum atomic E-state index is -0.263. The predicted octanol–water partition coefficient (Wildman–Crippen LogP) is 2.69. The van der Waals surface area contributed by atoms with Gasteiger partial charge in [-0.05, 0) is 40.2 Å². The molecule has 0 aliphatic heterocycles. The van der Waals surface area contributed by atoms with Crippen molar-refractivity contribution < 1.29 is 9.53 Å². The molecule has 98 valence electrons. The third-order valence-electron chi connectivity index (χ3n) is 2.47. The zero-order valence-corrected chi connectivity index (χ0v) is 11.8. The highest BCUT2D eigenvalue weighted by Crippen LogP contribution is 2.27. The van der Waals surface area contributed by atoms with Crippen molar-refractivity contribution in [2.75, 3.05) is 18.2 Å². The number of halogens is 1. The molecule has 1 amide bonds. The number of carbonyl (C=O) groups excluding carboxylic acids is 1. The average Bonchev–Trinajstić information content (AvgIpc) is 2.42. The topological polar surface area (TPSA) is 77.2 Å². The van der Waals surface area contributed by atoms with E-state index in [-0.39, 0.29) is 5.91 Å². The van der Waals surface area contributed by atoms with Crippen molar-refractivity contribution >= 4 is 33.3 Å². The second-order valence-electron chi connectivity index (χ2n) is 3.77. The molecule has 5 nitrogen and oxygen atoms in total. The molecule has 0 atom stereocenters. The van der Waals surface area contributed by atoms with Gasteiger partial charge in [0, 0.05) is 16.7 Å². The van der Waals surface area contributed by atoms with Gasteiger partial charge < -0.3 is 15.8 Å². The fraction of sp³-hybridized carbons (Fsp3) is 0.0769. The molecule has 6 heteroatoms. The van der Waals surface area contributed by atoms with Crippen LogP contribution < -0.4 is 15.8 Å². The smallest absolute Gasteiger partial charge is 0.257 e. The summed E-state index contributed by atoms with van der Waals surface area (Å²) in [7, 11) is 1.57. The Labute approximate surface area is 118 Å². The molecule has 0 aliphatic carbocycles. The first-order valence-electron chi connectivity index (χ1n) is 5.46. The summed E-state index contributed by atoms with van der Waals surface area (Å²) in [5, 5.41) is 2.77. The quantitative estimate of drug-likeness (QED) is 0.911. The summed E-state index contributed by atoms with van der Waals surface area (Å²) in [6.45, 7) is 0. The van der Waals surface area contributed by atoms with Gasteiger partial charge in [-0.1, -0.05) is 0 Å². The van der Waals surface area contributed by atoms with Crippen molar-refractivity contribution in [2.24, 2.45) is 0 Å². The number of nitrogens with two attached hydrogens (primary N) is 1. The molecule has 1 heterocycles. The van der Waals surface area contributed by atoms with Gasteiger partial charge in [-0.25, -0.2) is 4.98 Å². The first-order valence-corrected chi connectivity index (χ1v) is 6.26. The number of pyridine rings is 1. The molecule has 0 spiro atoms. The van der Waals surface area contributed by atoms with Crippen LogP contribution in [0.3, 0.4) is 0 Å². The van der Waals surface area contributed by atoms with Crippen LogP contribution in [0.5, 0.6) is 5.75 Å². The molecule has 0 bridgehead atoms. The molecule has 2 aromatic rings. The summed E-state index contributed by atoms with van der Waals surface area (Å²) in [4.78, 5) is 15.9. The van der Waals surface area contributed by atoms with E-state index in [0.717, 1.165) is 4.47 Å². The van der Waals surface area contributed by atoms with E-state index in [1.165, 1.54) is 6.20 Å². The summed E-state index contributed by atoms with van der Waals surface area (Å²) < 4.78 is 5.88. The number of benzene rings is 1. The number of nitrogens with zero attached hydrogens (tertiary/aromatic N) is 1. The molecular weight excluding hydrogens is 310 g/mol. The summed E-state index contributed by atoms with van der Waals surface area (Å²) in [5.41, 5.74) is 6.53. The van der Waals surface area contributed by atoms with Crippen LogP contribution in [0.4, 0.5) is 11.5 Å². The summed E-state index contributed by atoms with van der Waals surface area (Å²) >= 11 is 3.37. The number of ether oxygens (including phenoxy) is 1. The van der Waals surface area contributed by atoms with Crippen LogP contribution in [0.25, 0.3) is 0 Å². The van der Waals surface area contributed by atoms with E-state index in [0.29, 0.717) is 22.8 Å². The number of hydrogen-bond acceptors (Lipinski definition) is 4. The summed E-state index contributed by atoms with van der Waals surface area (Å²) in [6, 6.07) is 8.52. The van der Waals surface area contributed by atoms with Crippen LogP contribution in [0, 0.1) is 0 Å². The minimum absolute atomic E-state index is 0.263. The Hall–Kier alpha value is -2.08. The maximum Gasteiger partial charge on any atom is 0.257 e. The third-order valence-corrected chi connectivity index (χ3v) is 3.16. The highest BCUT2D eigenvalue weighted by molar-refractivity contribution is 9.10. The Balaban J connectivity index is 2.21. The maximum absolute atomic E-state index is 12.0. The lowest BCUT2D eigenvalue weighted by Gasteiger charge is -2.09. The van der Waals surface area contributed by atoms with Gasteiger partial charge in [-0.2, -0.15) is 0 Å². The molecule has 0 aliphatic rings. The second-order valence-corrected chi connectivity index (χ2v) is 4.63. The molecule has 3 N–H and O–H groups in total. The number of nitrogens with one attached hydrogen (secondary N) is 1. The third kappa shape index (κ3) is 3.23. The minimum Gasteiger partial charge on any atom is -0.497 e. The van der Waals surface area contributed by atoms with E-state index in [1.807, 2.05) is 0 Å². The number of rotatable bonds is 3. The highest BCUT2D eigenvalue weighted by Gasteiger charge is 2.09.